The largest absolute Gasteiger partial charge is 0.309 e. The standard InChI is InChI=1S/C17H17BrN2S/c1-2-19-16(17-10-13(18)11-21-17)9-12-7-8-20-15-6-4-3-5-14(12)15/h3-8,10-11,16,19H,2,9H2,1H3. The molecule has 4 heteroatoms. The van der Waals surface area contributed by atoms with Gasteiger partial charge in [0.2, 0.25) is 0 Å². The van der Waals surface area contributed by atoms with Gasteiger partial charge in [0.25, 0.3) is 0 Å². The van der Waals surface area contributed by atoms with E-state index in [0.717, 1.165) is 23.0 Å². The molecule has 3 aromatic rings. The summed E-state index contributed by atoms with van der Waals surface area (Å²) in [4.78, 5) is 5.81. The first kappa shape index (κ1) is 14.7. The number of pyridine rings is 1. The van der Waals surface area contributed by atoms with Crippen molar-refractivity contribution < 1.29 is 0 Å². The van der Waals surface area contributed by atoms with E-state index < -0.39 is 0 Å². The van der Waals surface area contributed by atoms with Gasteiger partial charge in [-0.2, -0.15) is 0 Å². The van der Waals surface area contributed by atoms with Crippen LogP contribution in [0.4, 0.5) is 0 Å². The van der Waals surface area contributed by atoms with E-state index in [0.29, 0.717) is 6.04 Å². The topological polar surface area (TPSA) is 24.9 Å². The third-order valence-corrected chi connectivity index (χ3v) is 5.35. The van der Waals surface area contributed by atoms with Crippen molar-refractivity contribution in [1.82, 2.24) is 10.3 Å². The molecule has 1 atom stereocenters. The molecule has 108 valence electrons. The van der Waals surface area contributed by atoms with E-state index in [4.69, 9.17) is 0 Å². The summed E-state index contributed by atoms with van der Waals surface area (Å²) in [5.41, 5.74) is 2.41. The van der Waals surface area contributed by atoms with Gasteiger partial charge in [0.05, 0.1) is 5.52 Å². The first-order chi connectivity index (χ1) is 10.3. The molecule has 0 bridgehead atoms. The van der Waals surface area contributed by atoms with Gasteiger partial charge in [0.15, 0.2) is 0 Å². The number of hydrogen-bond donors (Lipinski definition) is 1. The molecule has 1 N–H and O–H groups in total. The van der Waals surface area contributed by atoms with E-state index in [1.807, 2.05) is 12.3 Å². The van der Waals surface area contributed by atoms with E-state index >= 15 is 0 Å². The molecule has 0 fully saturated rings. The fraction of sp³-hybridized carbons (Fsp3) is 0.235. The van der Waals surface area contributed by atoms with E-state index in [1.54, 1.807) is 11.3 Å². The number of rotatable bonds is 5. The Hall–Kier alpha value is -1.23. The minimum absolute atomic E-state index is 0.345. The maximum absolute atomic E-state index is 4.45. The number of fused-ring (bicyclic) bond motifs is 1. The number of para-hydroxylation sites is 1. The molecule has 0 spiro atoms. The smallest absolute Gasteiger partial charge is 0.0704 e. The number of nitrogens with zero attached hydrogens (tertiary/aromatic N) is 1. The molecule has 2 nitrogen and oxygen atoms in total. The normalized spacial score (nSPS) is 12.7. The Labute approximate surface area is 137 Å². The highest BCUT2D eigenvalue weighted by atomic mass is 79.9. The molecular weight excluding hydrogens is 344 g/mol. The molecule has 2 heterocycles. The van der Waals surface area contributed by atoms with Gasteiger partial charge in [-0.1, -0.05) is 25.1 Å². The number of thiophene rings is 1. The Morgan fingerprint density at radius 1 is 1.29 bits per heavy atom. The zero-order valence-electron chi connectivity index (χ0n) is 11.8. The van der Waals surface area contributed by atoms with Crippen LogP contribution in [0.25, 0.3) is 10.9 Å². The second-order valence-corrected chi connectivity index (χ2v) is 6.83. The highest BCUT2D eigenvalue weighted by Crippen LogP contribution is 2.29. The molecule has 0 aliphatic heterocycles. The molecule has 2 aromatic heterocycles. The first-order valence-electron chi connectivity index (χ1n) is 7.08. The van der Waals surface area contributed by atoms with E-state index in [2.05, 4.69) is 68.9 Å². The van der Waals surface area contributed by atoms with Gasteiger partial charge in [-0.05, 0) is 52.7 Å². The minimum Gasteiger partial charge on any atom is -0.309 e. The Morgan fingerprint density at radius 2 is 2.14 bits per heavy atom. The molecule has 1 aromatic carbocycles. The number of aromatic nitrogens is 1. The van der Waals surface area contributed by atoms with Crippen molar-refractivity contribution in [1.29, 1.82) is 0 Å². The lowest BCUT2D eigenvalue weighted by atomic mass is 10.0. The molecule has 0 aliphatic rings. The fourth-order valence-electron chi connectivity index (χ4n) is 2.58. The minimum atomic E-state index is 0.345. The Bertz CT molecular complexity index is 733. The molecule has 3 rings (SSSR count). The van der Waals surface area contributed by atoms with Gasteiger partial charge in [0, 0.05) is 32.4 Å². The number of hydrogen-bond acceptors (Lipinski definition) is 3. The summed E-state index contributed by atoms with van der Waals surface area (Å²) in [5.74, 6) is 0. The third kappa shape index (κ3) is 3.34. The predicted molar refractivity (Wildman–Crippen MR) is 93.9 cm³/mol. The highest BCUT2D eigenvalue weighted by Gasteiger charge is 2.15. The van der Waals surface area contributed by atoms with Crippen LogP contribution in [-0.2, 0) is 6.42 Å². The monoisotopic (exact) mass is 360 g/mol. The van der Waals surface area contributed by atoms with Gasteiger partial charge < -0.3 is 5.32 Å². The van der Waals surface area contributed by atoms with Crippen molar-refractivity contribution in [3.63, 3.8) is 0 Å². The zero-order chi connectivity index (χ0) is 14.7. The van der Waals surface area contributed by atoms with Gasteiger partial charge in [-0.3, -0.25) is 4.98 Å². The maximum atomic E-state index is 4.45. The lowest BCUT2D eigenvalue weighted by molar-refractivity contribution is 0.559. The summed E-state index contributed by atoms with van der Waals surface area (Å²) in [6.07, 6.45) is 2.88. The van der Waals surface area contributed by atoms with Crippen LogP contribution in [0.5, 0.6) is 0 Å². The fourth-order valence-corrected chi connectivity index (χ4v) is 4.10. The zero-order valence-corrected chi connectivity index (χ0v) is 14.2. The van der Waals surface area contributed by atoms with Crippen LogP contribution >= 0.6 is 27.3 Å². The Kier molecular flexibility index (Phi) is 4.68. The number of benzene rings is 1. The summed E-state index contributed by atoms with van der Waals surface area (Å²) < 4.78 is 1.16. The molecule has 0 aliphatic carbocycles. The van der Waals surface area contributed by atoms with Gasteiger partial charge in [-0.25, -0.2) is 0 Å². The van der Waals surface area contributed by atoms with Crippen LogP contribution in [0.3, 0.4) is 0 Å². The van der Waals surface area contributed by atoms with Gasteiger partial charge in [-0.15, -0.1) is 11.3 Å². The average molecular weight is 361 g/mol. The lowest BCUT2D eigenvalue weighted by Gasteiger charge is -2.17. The van der Waals surface area contributed by atoms with Crippen molar-refractivity contribution in [2.45, 2.75) is 19.4 Å². The van der Waals surface area contributed by atoms with Crippen LogP contribution in [0, 0.1) is 0 Å². The second-order valence-electron chi connectivity index (χ2n) is 4.97. The number of nitrogens with one attached hydrogen (secondary N) is 1. The van der Waals surface area contributed by atoms with Crippen LogP contribution in [0.1, 0.15) is 23.4 Å². The Balaban J connectivity index is 1.94. The van der Waals surface area contributed by atoms with E-state index in [-0.39, 0.29) is 0 Å². The first-order valence-corrected chi connectivity index (χ1v) is 8.75. The molecule has 0 amide bonds. The summed E-state index contributed by atoms with van der Waals surface area (Å²) in [6.45, 7) is 3.11. The SMILES string of the molecule is CCNC(Cc1ccnc2ccccc12)c1cc(Br)cs1. The predicted octanol–water partition coefficient (Wildman–Crippen LogP) is 4.95. The summed E-state index contributed by atoms with van der Waals surface area (Å²) in [6, 6.07) is 13.0. The van der Waals surface area contributed by atoms with Crippen molar-refractivity contribution in [3.8, 4) is 0 Å². The van der Waals surface area contributed by atoms with Crippen LogP contribution in [0.2, 0.25) is 0 Å². The van der Waals surface area contributed by atoms with Crippen molar-refractivity contribution in [2.75, 3.05) is 6.54 Å². The average Bonchev–Trinajstić information content (AvgIpc) is 2.94. The highest BCUT2D eigenvalue weighted by molar-refractivity contribution is 9.10. The number of halogens is 1. The molecule has 1 unspecified atom stereocenters. The quantitative estimate of drug-likeness (QED) is 0.695. The van der Waals surface area contributed by atoms with Crippen molar-refractivity contribution in [3.05, 3.63) is 62.9 Å². The molecular formula is C17H17BrN2S. The number of likely N-dealkylation sites (N-methyl/N-ethyl adjacent to an activating group) is 1. The molecule has 0 radical (unpaired) electrons. The summed E-state index contributed by atoms with van der Waals surface area (Å²) >= 11 is 5.35. The van der Waals surface area contributed by atoms with Crippen LogP contribution in [0.15, 0.2) is 52.4 Å². The van der Waals surface area contributed by atoms with Gasteiger partial charge in [0.1, 0.15) is 0 Å². The summed E-state index contributed by atoms with van der Waals surface area (Å²) in [7, 11) is 0. The maximum Gasteiger partial charge on any atom is 0.0704 e. The molecule has 0 saturated heterocycles. The van der Waals surface area contributed by atoms with Crippen molar-refractivity contribution in [2.24, 2.45) is 0 Å². The van der Waals surface area contributed by atoms with E-state index in [9.17, 15) is 0 Å². The second kappa shape index (κ2) is 6.69. The Morgan fingerprint density at radius 3 is 2.90 bits per heavy atom. The van der Waals surface area contributed by atoms with Crippen LogP contribution in [-0.4, -0.2) is 11.5 Å². The van der Waals surface area contributed by atoms with Crippen LogP contribution < -0.4 is 5.32 Å². The molecule has 21 heavy (non-hydrogen) atoms. The lowest BCUT2D eigenvalue weighted by Crippen LogP contribution is -2.22. The summed E-state index contributed by atoms with van der Waals surface area (Å²) in [5, 5.41) is 6.99. The van der Waals surface area contributed by atoms with Gasteiger partial charge >= 0.3 is 0 Å². The van der Waals surface area contributed by atoms with Crippen molar-refractivity contribution >= 4 is 38.2 Å². The molecule has 0 saturated carbocycles. The van der Waals surface area contributed by atoms with E-state index in [1.165, 1.54) is 15.8 Å². The third-order valence-electron chi connectivity index (χ3n) is 3.55.